The first-order valence-electron chi connectivity index (χ1n) is 6.67. The molecule has 2 rings (SSSR count). The van der Waals surface area contributed by atoms with Crippen molar-refractivity contribution in [2.45, 2.75) is 38.8 Å². The van der Waals surface area contributed by atoms with Gasteiger partial charge in [0.2, 0.25) is 0 Å². The predicted octanol–water partition coefficient (Wildman–Crippen LogP) is 2.74. The zero-order chi connectivity index (χ0) is 12.3. The molecule has 1 heterocycles. The molecule has 0 amide bonds. The van der Waals surface area contributed by atoms with Crippen LogP contribution in [0.3, 0.4) is 0 Å². The summed E-state index contributed by atoms with van der Waals surface area (Å²) >= 11 is 0. The van der Waals surface area contributed by atoms with Gasteiger partial charge in [-0.05, 0) is 58.0 Å². The SMILES string of the molecule is Cc1ccccc1[C@@H](C)NC1CCN(C)CC1. The summed E-state index contributed by atoms with van der Waals surface area (Å²) in [4.78, 5) is 2.41. The number of aryl methyl sites for hydroxylation is 1. The molecule has 0 spiro atoms. The highest BCUT2D eigenvalue weighted by Gasteiger charge is 2.19. The van der Waals surface area contributed by atoms with Crippen molar-refractivity contribution < 1.29 is 0 Å². The Labute approximate surface area is 105 Å². The number of nitrogens with one attached hydrogen (secondary N) is 1. The van der Waals surface area contributed by atoms with Gasteiger partial charge in [-0.2, -0.15) is 0 Å². The van der Waals surface area contributed by atoms with E-state index < -0.39 is 0 Å². The first-order valence-corrected chi connectivity index (χ1v) is 6.67. The number of hydrogen-bond donors (Lipinski definition) is 1. The summed E-state index contributed by atoms with van der Waals surface area (Å²) in [6.45, 7) is 6.92. The molecule has 0 unspecified atom stereocenters. The first-order chi connectivity index (χ1) is 8.16. The van der Waals surface area contributed by atoms with Crippen molar-refractivity contribution >= 4 is 0 Å². The summed E-state index contributed by atoms with van der Waals surface area (Å²) in [5.41, 5.74) is 2.83. The van der Waals surface area contributed by atoms with Gasteiger partial charge in [0, 0.05) is 12.1 Å². The number of rotatable bonds is 3. The van der Waals surface area contributed by atoms with E-state index in [9.17, 15) is 0 Å². The molecule has 0 bridgehead atoms. The fourth-order valence-electron chi connectivity index (χ4n) is 2.69. The molecule has 2 nitrogen and oxygen atoms in total. The first kappa shape index (κ1) is 12.6. The molecule has 1 N–H and O–H groups in total. The average Bonchev–Trinajstić information content (AvgIpc) is 2.32. The van der Waals surface area contributed by atoms with Crippen LogP contribution in [-0.2, 0) is 0 Å². The van der Waals surface area contributed by atoms with Gasteiger partial charge in [-0.3, -0.25) is 0 Å². The lowest BCUT2D eigenvalue weighted by Crippen LogP contribution is -2.41. The molecule has 0 aliphatic carbocycles. The van der Waals surface area contributed by atoms with Crippen molar-refractivity contribution in [3.8, 4) is 0 Å². The quantitative estimate of drug-likeness (QED) is 0.862. The number of likely N-dealkylation sites (tertiary alicyclic amines) is 1. The van der Waals surface area contributed by atoms with Crippen LogP contribution in [0.25, 0.3) is 0 Å². The maximum absolute atomic E-state index is 3.77. The van der Waals surface area contributed by atoms with Crippen molar-refractivity contribution in [2.75, 3.05) is 20.1 Å². The molecule has 1 aromatic carbocycles. The Morgan fingerprint density at radius 2 is 1.88 bits per heavy atom. The van der Waals surface area contributed by atoms with E-state index in [0.29, 0.717) is 12.1 Å². The minimum absolute atomic E-state index is 0.463. The van der Waals surface area contributed by atoms with Crippen LogP contribution in [0.5, 0.6) is 0 Å². The molecule has 1 fully saturated rings. The van der Waals surface area contributed by atoms with Gasteiger partial charge in [0.25, 0.3) is 0 Å². The topological polar surface area (TPSA) is 15.3 Å². The minimum atomic E-state index is 0.463. The molecule has 94 valence electrons. The maximum Gasteiger partial charge on any atom is 0.0296 e. The van der Waals surface area contributed by atoms with E-state index in [1.165, 1.54) is 37.1 Å². The molecule has 2 heteroatoms. The fourth-order valence-corrected chi connectivity index (χ4v) is 2.69. The molecule has 1 saturated heterocycles. The summed E-state index contributed by atoms with van der Waals surface area (Å²) < 4.78 is 0. The molecular formula is C15H24N2. The lowest BCUT2D eigenvalue weighted by atomic mass is 9.99. The zero-order valence-corrected chi connectivity index (χ0v) is 11.2. The second-order valence-electron chi connectivity index (χ2n) is 5.32. The Hall–Kier alpha value is -0.860. The fraction of sp³-hybridized carbons (Fsp3) is 0.600. The summed E-state index contributed by atoms with van der Waals surface area (Å²) in [7, 11) is 2.21. The van der Waals surface area contributed by atoms with Crippen molar-refractivity contribution in [3.05, 3.63) is 35.4 Å². The molecule has 0 saturated carbocycles. The second-order valence-corrected chi connectivity index (χ2v) is 5.32. The van der Waals surface area contributed by atoms with Crippen LogP contribution < -0.4 is 5.32 Å². The Kier molecular flexibility index (Phi) is 4.19. The molecular weight excluding hydrogens is 208 g/mol. The molecule has 1 aromatic rings. The van der Waals surface area contributed by atoms with Crippen LogP contribution in [0, 0.1) is 6.92 Å². The van der Waals surface area contributed by atoms with Crippen molar-refractivity contribution in [1.82, 2.24) is 10.2 Å². The van der Waals surface area contributed by atoms with E-state index in [2.05, 4.69) is 55.4 Å². The normalized spacial score (nSPS) is 20.4. The van der Waals surface area contributed by atoms with Crippen molar-refractivity contribution in [3.63, 3.8) is 0 Å². The van der Waals surface area contributed by atoms with E-state index in [-0.39, 0.29) is 0 Å². The van der Waals surface area contributed by atoms with E-state index in [1.807, 2.05) is 0 Å². The second kappa shape index (κ2) is 5.65. The van der Waals surface area contributed by atoms with Gasteiger partial charge in [0.15, 0.2) is 0 Å². The van der Waals surface area contributed by atoms with Crippen molar-refractivity contribution in [1.29, 1.82) is 0 Å². The average molecular weight is 232 g/mol. The highest BCUT2D eigenvalue weighted by molar-refractivity contribution is 5.28. The Balaban J connectivity index is 1.93. The highest BCUT2D eigenvalue weighted by atomic mass is 15.1. The Bertz CT molecular complexity index is 354. The third-order valence-electron chi connectivity index (χ3n) is 3.86. The smallest absolute Gasteiger partial charge is 0.0296 e. The standard InChI is InChI=1S/C15H24N2/c1-12-6-4-5-7-15(12)13(2)16-14-8-10-17(3)11-9-14/h4-7,13-14,16H,8-11H2,1-3H3/t13-/m1/s1. The van der Waals surface area contributed by atoms with Crippen LogP contribution in [0.15, 0.2) is 24.3 Å². The lowest BCUT2D eigenvalue weighted by Gasteiger charge is -2.32. The number of hydrogen-bond acceptors (Lipinski definition) is 2. The van der Waals surface area contributed by atoms with Gasteiger partial charge in [0.1, 0.15) is 0 Å². The summed E-state index contributed by atoms with van der Waals surface area (Å²) in [5.74, 6) is 0. The summed E-state index contributed by atoms with van der Waals surface area (Å²) in [6, 6.07) is 9.82. The van der Waals surface area contributed by atoms with Gasteiger partial charge >= 0.3 is 0 Å². The van der Waals surface area contributed by atoms with Gasteiger partial charge in [-0.25, -0.2) is 0 Å². The third-order valence-corrected chi connectivity index (χ3v) is 3.86. The van der Waals surface area contributed by atoms with Crippen LogP contribution in [0.1, 0.15) is 36.9 Å². The Morgan fingerprint density at radius 3 is 2.53 bits per heavy atom. The van der Waals surface area contributed by atoms with Crippen LogP contribution >= 0.6 is 0 Å². The number of piperidine rings is 1. The minimum Gasteiger partial charge on any atom is -0.307 e. The molecule has 1 aliphatic rings. The van der Waals surface area contributed by atoms with Gasteiger partial charge in [0.05, 0.1) is 0 Å². The van der Waals surface area contributed by atoms with E-state index in [0.717, 1.165) is 0 Å². The van der Waals surface area contributed by atoms with E-state index in [4.69, 9.17) is 0 Å². The van der Waals surface area contributed by atoms with Gasteiger partial charge in [-0.15, -0.1) is 0 Å². The summed E-state index contributed by atoms with van der Waals surface area (Å²) in [5, 5.41) is 3.77. The third kappa shape index (κ3) is 3.30. The number of nitrogens with zero attached hydrogens (tertiary/aromatic N) is 1. The number of benzene rings is 1. The maximum atomic E-state index is 3.77. The van der Waals surface area contributed by atoms with Crippen LogP contribution in [-0.4, -0.2) is 31.1 Å². The molecule has 1 aliphatic heterocycles. The molecule has 1 atom stereocenters. The van der Waals surface area contributed by atoms with Crippen LogP contribution in [0.4, 0.5) is 0 Å². The molecule has 17 heavy (non-hydrogen) atoms. The van der Waals surface area contributed by atoms with E-state index in [1.54, 1.807) is 0 Å². The van der Waals surface area contributed by atoms with Gasteiger partial charge < -0.3 is 10.2 Å². The lowest BCUT2D eigenvalue weighted by molar-refractivity contribution is 0.226. The van der Waals surface area contributed by atoms with Crippen LogP contribution in [0.2, 0.25) is 0 Å². The largest absolute Gasteiger partial charge is 0.307 e. The highest BCUT2D eigenvalue weighted by Crippen LogP contribution is 2.19. The monoisotopic (exact) mass is 232 g/mol. The Morgan fingerprint density at radius 1 is 1.24 bits per heavy atom. The van der Waals surface area contributed by atoms with Gasteiger partial charge in [-0.1, -0.05) is 24.3 Å². The predicted molar refractivity (Wildman–Crippen MR) is 73.2 cm³/mol. The molecule has 0 radical (unpaired) electrons. The van der Waals surface area contributed by atoms with E-state index >= 15 is 0 Å². The zero-order valence-electron chi connectivity index (χ0n) is 11.2. The van der Waals surface area contributed by atoms with Crippen molar-refractivity contribution in [2.24, 2.45) is 0 Å². The molecule has 0 aromatic heterocycles. The summed E-state index contributed by atoms with van der Waals surface area (Å²) in [6.07, 6.45) is 2.54.